The molecule has 1 fully saturated rings. The maximum Gasteiger partial charge on any atom is 0.302 e. The number of esters is 1. The van der Waals surface area contributed by atoms with Crippen LogP contribution < -0.4 is 9.64 Å². The van der Waals surface area contributed by atoms with Crippen LogP contribution in [0, 0.1) is 0 Å². The van der Waals surface area contributed by atoms with Crippen molar-refractivity contribution in [1.29, 1.82) is 0 Å². The SMILES string of the molecule is CC(=O)OCCOc1cc(Cl)cc(CN2CCN(c3nc4ccc(Cl)cc4s3)CC2)c1. The standard InChI is InChI=1S/C22H23Cl2N3O3S/c1-15(28)29-8-9-30-19-11-16(10-18(24)12-19)14-26-4-6-27(7-5-26)22-25-20-3-2-17(23)13-21(20)31-22/h2-3,10-13H,4-9,14H2,1H3. The fourth-order valence-electron chi connectivity index (χ4n) is 3.52. The predicted octanol–water partition coefficient (Wildman–Crippen LogP) is 4.87. The molecule has 0 spiro atoms. The molecule has 0 bridgehead atoms. The quantitative estimate of drug-likeness (QED) is 0.356. The van der Waals surface area contributed by atoms with Crippen LogP contribution in [0.1, 0.15) is 12.5 Å². The Morgan fingerprint density at radius 1 is 1.06 bits per heavy atom. The van der Waals surface area contributed by atoms with Crippen LogP contribution in [0.3, 0.4) is 0 Å². The number of halogens is 2. The monoisotopic (exact) mass is 479 g/mol. The maximum absolute atomic E-state index is 10.8. The fraction of sp³-hybridized carbons (Fsp3) is 0.364. The van der Waals surface area contributed by atoms with Gasteiger partial charge in [0.2, 0.25) is 0 Å². The molecule has 1 saturated heterocycles. The van der Waals surface area contributed by atoms with Gasteiger partial charge in [0.1, 0.15) is 19.0 Å². The van der Waals surface area contributed by atoms with Gasteiger partial charge in [0.15, 0.2) is 5.13 Å². The normalized spacial score (nSPS) is 14.7. The number of aromatic nitrogens is 1. The van der Waals surface area contributed by atoms with Crippen molar-refractivity contribution in [3.8, 4) is 5.75 Å². The Kier molecular flexibility index (Phi) is 7.17. The van der Waals surface area contributed by atoms with Crippen LogP contribution in [0.2, 0.25) is 10.0 Å². The van der Waals surface area contributed by atoms with Crippen LogP contribution in [-0.2, 0) is 16.1 Å². The van der Waals surface area contributed by atoms with E-state index in [1.807, 2.05) is 30.3 Å². The molecule has 1 aromatic heterocycles. The molecule has 0 radical (unpaired) electrons. The summed E-state index contributed by atoms with van der Waals surface area (Å²) in [6.45, 7) is 6.40. The van der Waals surface area contributed by atoms with Gasteiger partial charge in [-0.15, -0.1) is 0 Å². The molecule has 31 heavy (non-hydrogen) atoms. The minimum absolute atomic E-state index is 0.219. The molecule has 1 aliphatic heterocycles. The molecule has 2 aromatic carbocycles. The Morgan fingerprint density at radius 2 is 1.87 bits per heavy atom. The molecule has 164 valence electrons. The highest BCUT2D eigenvalue weighted by atomic mass is 35.5. The Labute approximate surface area is 195 Å². The molecule has 0 unspecified atom stereocenters. The summed E-state index contributed by atoms with van der Waals surface area (Å²) in [4.78, 5) is 20.3. The summed E-state index contributed by atoms with van der Waals surface area (Å²) in [5.41, 5.74) is 2.09. The van der Waals surface area contributed by atoms with E-state index in [1.165, 1.54) is 6.92 Å². The number of benzene rings is 2. The molecule has 2 heterocycles. The number of rotatable bonds is 7. The number of hydrogen-bond acceptors (Lipinski definition) is 7. The third kappa shape index (κ3) is 6.01. The van der Waals surface area contributed by atoms with E-state index >= 15 is 0 Å². The van der Waals surface area contributed by atoms with Crippen LogP contribution >= 0.6 is 34.5 Å². The van der Waals surface area contributed by atoms with Crippen LogP contribution in [0.25, 0.3) is 10.2 Å². The number of thiazole rings is 1. The third-order valence-corrected chi connectivity index (χ3v) is 6.51. The second kappa shape index (κ2) is 10.0. The van der Waals surface area contributed by atoms with Gasteiger partial charge in [-0.2, -0.15) is 0 Å². The summed E-state index contributed by atoms with van der Waals surface area (Å²) in [6, 6.07) is 11.5. The number of anilines is 1. The first-order valence-electron chi connectivity index (χ1n) is 10.1. The lowest BCUT2D eigenvalue weighted by molar-refractivity contribution is -0.141. The molecule has 0 saturated carbocycles. The molecule has 0 N–H and O–H groups in total. The molecular weight excluding hydrogens is 457 g/mol. The first kappa shape index (κ1) is 22.1. The first-order valence-corrected chi connectivity index (χ1v) is 11.6. The average molecular weight is 480 g/mol. The lowest BCUT2D eigenvalue weighted by Crippen LogP contribution is -2.45. The Bertz CT molecular complexity index is 1070. The van der Waals surface area contributed by atoms with E-state index in [-0.39, 0.29) is 12.6 Å². The van der Waals surface area contributed by atoms with Gasteiger partial charge in [-0.05, 0) is 42.0 Å². The fourth-order valence-corrected chi connectivity index (χ4v) is 5.06. The largest absolute Gasteiger partial charge is 0.490 e. The topological polar surface area (TPSA) is 54.9 Å². The van der Waals surface area contributed by atoms with Gasteiger partial charge in [-0.25, -0.2) is 4.98 Å². The number of piperazine rings is 1. The average Bonchev–Trinajstić information content (AvgIpc) is 3.14. The van der Waals surface area contributed by atoms with Crippen LogP contribution in [0.15, 0.2) is 36.4 Å². The zero-order chi connectivity index (χ0) is 21.8. The molecule has 6 nitrogen and oxygen atoms in total. The molecule has 1 aliphatic rings. The lowest BCUT2D eigenvalue weighted by atomic mass is 10.2. The number of carbonyl (C=O) groups is 1. The number of carbonyl (C=O) groups excluding carboxylic acids is 1. The zero-order valence-corrected chi connectivity index (χ0v) is 19.5. The predicted molar refractivity (Wildman–Crippen MR) is 126 cm³/mol. The van der Waals surface area contributed by atoms with E-state index in [2.05, 4.69) is 9.80 Å². The molecular formula is C22H23Cl2N3O3S. The summed E-state index contributed by atoms with van der Waals surface area (Å²) in [6.07, 6.45) is 0. The summed E-state index contributed by atoms with van der Waals surface area (Å²) in [5.74, 6) is 0.366. The van der Waals surface area contributed by atoms with Crippen molar-refractivity contribution in [2.75, 3.05) is 44.3 Å². The highest BCUT2D eigenvalue weighted by Gasteiger charge is 2.20. The van der Waals surface area contributed by atoms with Gasteiger partial charge < -0.3 is 14.4 Å². The summed E-state index contributed by atoms with van der Waals surface area (Å²) in [5, 5.41) is 2.42. The van der Waals surface area contributed by atoms with Crippen molar-refractivity contribution in [1.82, 2.24) is 9.88 Å². The van der Waals surface area contributed by atoms with Crippen molar-refractivity contribution in [2.24, 2.45) is 0 Å². The van der Waals surface area contributed by atoms with E-state index < -0.39 is 0 Å². The highest BCUT2D eigenvalue weighted by Crippen LogP contribution is 2.31. The molecule has 3 aromatic rings. The van der Waals surface area contributed by atoms with Crippen molar-refractivity contribution < 1.29 is 14.3 Å². The van der Waals surface area contributed by atoms with E-state index in [0.717, 1.165) is 58.7 Å². The van der Waals surface area contributed by atoms with E-state index in [0.29, 0.717) is 17.4 Å². The van der Waals surface area contributed by atoms with E-state index in [1.54, 1.807) is 17.4 Å². The third-order valence-electron chi connectivity index (χ3n) is 4.98. The molecule has 9 heteroatoms. The first-order chi connectivity index (χ1) is 15.0. The smallest absolute Gasteiger partial charge is 0.302 e. The number of ether oxygens (including phenoxy) is 2. The molecule has 0 aliphatic carbocycles. The molecule has 4 rings (SSSR count). The second-order valence-corrected chi connectivity index (χ2v) is 9.24. The van der Waals surface area contributed by atoms with Crippen LogP contribution in [0.5, 0.6) is 5.75 Å². The van der Waals surface area contributed by atoms with E-state index in [9.17, 15) is 4.79 Å². The van der Waals surface area contributed by atoms with Gasteiger partial charge in [0.05, 0.1) is 10.2 Å². The molecule has 0 amide bonds. The van der Waals surface area contributed by atoms with Crippen LogP contribution in [0.4, 0.5) is 5.13 Å². The van der Waals surface area contributed by atoms with Crippen molar-refractivity contribution in [2.45, 2.75) is 13.5 Å². The van der Waals surface area contributed by atoms with Gasteiger partial charge in [0, 0.05) is 49.7 Å². The minimum atomic E-state index is -0.316. The highest BCUT2D eigenvalue weighted by molar-refractivity contribution is 7.22. The number of fused-ring (bicyclic) bond motifs is 1. The molecule has 0 atom stereocenters. The summed E-state index contributed by atoms with van der Waals surface area (Å²) in [7, 11) is 0. The Morgan fingerprint density at radius 3 is 2.65 bits per heavy atom. The van der Waals surface area contributed by atoms with Crippen molar-refractivity contribution >= 4 is 55.9 Å². The summed E-state index contributed by atoms with van der Waals surface area (Å²) >= 11 is 14.1. The maximum atomic E-state index is 10.8. The number of nitrogens with zero attached hydrogens (tertiary/aromatic N) is 3. The van der Waals surface area contributed by atoms with Gasteiger partial charge in [-0.3, -0.25) is 9.69 Å². The van der Waals surface area contributed by atoms with E-state index in [4.69, 9.17) is 37.7 Å². The minimum Gasteiger partial charge on any atom is -0.490 e. The number of hydrogen-bond donors (Lipinski definition) is 0. The Balaban J connectivity index is 1.32. The van der Waals surface area contributed by atoms with Gasteiger partial charge >= 0.3 is 5.97 Å². The lowest BCUT2D eigenvalue weighted by Gasteiger charge is -2.34. The second-order valence-electron chi connectivity index (χ2n) is 7.36. The zero-order valence-electron chi connectivity index (χ0n) is 17.1. The van der Waals surface area contributed by atoms with Crippen molar-refractivity contribution in [3.05, 3.63) is 52.0 Å². The summed E-state index contributed by atoms with van der Waals surface area (Å²) < 4.78 is 11.7. The van der Waals surface area contributed by atoms with Crippen LogP contribution in [-0.4, -0.2) is 55.2 Å². The van der Waals surface area contributed by atoms with Gasteiger partial charge in [-0.1, -0.05) is 34.5 Å². The van der Waals surface area contributed by atoms with Gasteiger partial charge in [0.25, 0.3) is 0 Å². The van der Waals surface area contributed by atoms with Crippen molar-refractivity contribution in [3.63, 3.8) is 0 Å². The Hall–Kier alpha value is -2.06.